The fraction of sp³-hybridized carbons (Fsp3) is 0.471. The molecule has 1 saturated heterocycles. The van der Waals surface area contributed by atoms with Crippen LogP contribution in [0, 0.1) is 0 Å². The maximum atomic E-state index is 12.1. The fourth-order valence-electron chi connectivity index (χ4n) is 3.60. The predicted octanol–water partition coefficient (Wildman–Crippen LogP) is 2.36. The summed E-state index contributed by atoms with van der Waals surface area (Å²) >= 11 is 0. The molecular weight excluding hydrogens is 280 g/mol. The number of rotatable bonds is 3. The number of amides is 4. The number of imide groups is 2. The number of benzene rings is 1. The molecule has 1 saturated carbocycles. The van der Waals surface area contributed by atoms with Gasteiger partial charge in [-0.05, 0) is 18.4 Å². The highest BCUT2D eigenvalue weighted by Gasteiger charge is 2.41. The first-order chi connectivity index (χ1) is 10.6. The number of carbonyl (C=O) groups excluding carboxylic acids is 3. The van der Waals surface area contributed by atoms with Crippen LogP contribution < -0.4 is 5.32 Å². The van der Waals surface area contributed by atoms with E-state index in [1.54, 1.807) is 0 Å². The van der Waals surface area contributed by atoms with E-state index in [1.165, 1.54) is 16.9 Å². The molecule has 1 aliphatic carbocycles. The number of nitrogens with zero attached hydrogens (tertiary/aromatic N) is 1. The van der Waals surface area contributed by atoms with Crippen molar-refractivity contribution in [3.63, 3.8) is 0 Å². The van der Waals surface area contributed by atoms with Crippen molar-refractivity contribution in [1.29, 1.82) is 0 Å². The predicted molar refractivity (Wildman–Crippen MR) is 81.1 cm³/mol. The number of nitrogens with one attached hydrogen (secondary N) is 1. The molecule has 0 radical (unpaired) electrons. The number of hydrogen-bond donors (Lipinski definition) is 1. The Morgan fingerprint density at radius 3 is 2.32 bits per heavy atom. The van der Waals surface area contributed by atoms with Gasteiger partial charge in [0.15, 0.2) is 0 Å². The van der Waals surface area contributed by atoms with Crippen LogP contribution in [0.5, 0.6) is 0 Å². The van der Waals surface area contributed by atoms with Gasteiger partial charge in [-0.25, -0.2) is 4.79 Å². The van der Waals surface area contributed by atoms with E-state index in [0.29, 0.717) is 6.54 Å². The molecule has 0 unspecified atom stereocenters. The molecule has 1 heterocycles. The number of hydrogen-bond acceptors (Lipinski definition) is 3. The molecule has 5 nitrogen and oxygen atoms in total. The lowest BCUT2D eigenvalue weighted by Crippen LogP contribution is -2.56. The van der Waals surface area contributed by atoms with Crippen molar-refractivity contribution in [3.8, 4) is 0 Å². The minimum atomic E-state index is -0.581. The number of urea groups is 1. The Morgan fingerprint density at radius 2 is 1.68 bits per heavy atom. The summed E-state index contributed by atoms with van der Waals surface area (Å²) < 4.78 is 0. The van der Waals surface area contributed by atoms with Crippen LogP contribution >= 0.6 is 0 Å². The van der Waals surface area contributed by atoms with Gasteiger partial charge >= 0.3 is 6.03 Å². The zero-order valence-corrected chi connectivity index (χ0v) is 12.5. The van der Waals surface area contributed by atoms with Crippen molar-refractivity contribution < 1.29 is 14.4 Å². The van der Waals surface area contributed by atoms with Gasteiger partial charge in [-0.15, -0.1) is 0 Å². The van der Waals surface area contributed by atoms with Crippen molar-refractivity contribution >= 4 is 17.8 Å². The zero-order chi connectivity index (χ0) is 15.6. The third-order valence-corrected chi connectivity index (χ3v) is 4.76. The SMILES string of the molecule is O=C1CC(=O)N(CC2(c3ccccc3)CCCCC2)C(=O)N1. The molecular formula is C17H20N2O3. The molecule has 5 heteroatoms. The Hall–Kier alpha value is -2.17. The van der Waals surface area contributed by atoms with Gasteiger partial charge in [0.1, 0.15) is 6.42 Å². The maximum absolute atomic E-state index is 12.1. The molecule has 0 spiro atoms. The molecule has 2 aliphatic rings. The number of carbonyl (C=O) groups is 3. The van der Waals surface area contributed by atoms with Crippen LogP contribution in [0.2, 0.25) is 0 Å². The van der Waals surface area contributed by atoms with Crippen LogP contribution in [0.4, 0.5) is 4.79 Å². The van der Waals surface area contributed by atoms with Crippen molar-refractivity contribution in [1.82, 2.24) is 10.2 Å². The van der Waals surface area contributed by atoms with Crippen LogP contribution in [0.1, 0.15) is 44.1 Å². The van der Waals surface area contributed by atoms with E-state index in [4.69, 9.17) is 0 Å². The highest BCUT2D eigenvalue weighted by atomic mass is 16.2. The minimum Gasteiger partial charge on any atom is -0.277 e. The summed E-state index contributed by atoms with van der Waals surface area (Å²) in [6, 6.07) is 9.52. The third kappa shape index (κ3) is 2.75. The van der Waals surface area contributed by atoms with Gasteiger partial charge in [-0.3, -0.25) is 19.8 Å². The molecule has 0 atom stereocenters. The van der Waals surface area contributed by atoms with Crippen molar-refractivity contribution in [2.75, 3.05) is 6.54 Å². The van der Waals surface area contributed by atoms with Crippen molar-refractivity contribution in [2.24, 2.45) is 0 Å². The second-order valence-electron chi connectivity index (χ2n) is 6.22. The lowest BCUT2D eigenvalue weighted by atomic mass is 9.69. The topological polar surface area (TPSA) is 66.5 Å². The standard InChI is InChI=1S/C17H20N2O3/c20-14-11-15(21)19(16(22)18-14)12-17(9-5-2-6-10-17)13-7-3-1-4-8-13/h1,3-4,7-8H,2,5-6,9-12H2,(H,18,20,22). The lowest BCUT2D eigenvalue weighted by Gasteiger charge is -2.41. The fourth-order valence-corrected chi connectivity index (χ4v) is 3.60. The largest absolute Gasteiger partial charge is 0.330 e. The quantitative estimate of drug-likeness (QED) is 0.871. The highest BCUT2D eigenvalue weighted by Crippen LogP contribution is 2.40. The van der Waals surface area contributed by atoms with Gasteiger partial charge in [0, 0.05) is 12.0 Å². The molecule has 1 aliphatic heterocycles. The van der Waals surface area contributed by atoms with Crippen LogP contribution in [-0.2, 0) is 15.0 Å². The smallest absolute Gasteiger partial charge is 0.277 e. The molecule has 116 valence electrons. The van der Waals surface area contributed by atoms with Gasteiger partial charge < -0.3 is 0 Å². The van der Waals surface area contributed by atoms with E-state index in [1.807, 2.05) is 18.2 Å². The molecule has 3 rings (SSSR count). The van der Waals surface area contributed by atoms with Crippen LogP contribution in [0.15, 0.2) is 30.3 Å². The first kappa shape index (κ1) is 14.8. The second kappa shape index (κ2) is 5.91. The average Bonchev–Trinajstić information content (AvgIpc) is 2.53. The molecule has 1 aromatic rings. The van der Waals surface area contributed by atoms with Gasteiger partial charge in [0.2, 0.25) is 11.8 Å². The second-order valence-corrected chi connectivity index (χ2v) is 6.22. The Kier molecular flexibility index (Phi) is 3.96. The van der Waals surface area contributed by atoms with Gasteiger partial charge in [0.05, 0.1) is 0 Å². The molecule has 0 bridgehead atoms. The van der Waals surface area contributed by atoms with Crippen molar-refractivity contribution in [3.05, 3.63) is 35.9 Å². The zero-order valence-electron chi connectivity index (χ0n) is 12.5. The monoisotopic (exact) mass is 300 g/mol. The van der Waals surface area contributed by atoms with Crippen LogP contribution in [-0.4, -0.2) is 29.3 Å². The van der Waals surface area contributed by atoms with Gasteiger partial charge in [-0.1, -0.05) is 49.6 Å². The Balaban J connectivity index is 1.89. The highest BCUT2D eigenvalue weighted by molar-refractivity contribution is 6.14. The maximum Gasteiger partial charge on any atom is 0.330 e. The first-order valence-electron chi connectivity index (χ1n) is 7.80. The lowest BCUT2D eigenvalue weighted by molar-refractivity contribution is -0.137. The third-order valence-electron chi connectivity index (χ3n) is 4.76. The van der Waals surface area contributed by atoms with E-state index in [-0.39, 0.29) is 11.8 Å². The van der Waals surface area contributed by atoms with Crippen LogP contribution in [0.25, 0.3) is 0 Å². The van der Waals surface area contributed by atoms with E-state index in [0.717, 1.165) is 25.7 Å². The van der Waals surface area contributed by atoms with Gasteiger partial charge in [0.25, 0.3) is 0 Å². The summed E-state index contributed by atoms with van der Waals surface area (Å²) in [5.41, 5.74) is 0.986. The van der Waals surface area contributed by atoms with Gasteiger partial charge in [-0.2, -0.15) is 0 Å². The summed E-state index contributed by atoms with van der Waals surface area (Å²) in [5.74, 6) is -0.904. The molecule has 1 aromatic carbocycles. The molecule has 4 amide bonds. The molecule has 0 aromatic heterocycles. The van der Waals surface area contributed by atoms with E-state index < -0.39 is 17.8 Å². The molecule has 1 N–H and O–H groups in total. The summed E-state index contributed by atoms with van der Waals surface area (Å²) in [6.45, 7) is 0.356. The summed E-state index contributed by atoms with van der Waals surface area (Å²) in [4.78, 5) is 36.7. The molecule has 2 fully saturated rings. The van der Waals surface area contributed by atoms with E-state index >= 15 is 0 Å². The Morgan fingerprint density at radius 1 is 1.00 bits per heavy atom. The normalized spacial score (nSPS) is 21.6. The Labute approximate surface area is 129 Å². The van der Waals surface area contributed by atoms with Crippen LogP contribution in [0.3, 0.4) is 0 Å². The minimum absolute atomic E-state index is 0.188. The number of barbiturate groups is 1. The summed E-state index contributed by atoms with van der Waals surface area (Å²) in [5, 5.41) is 2.25. The average molecular weight is 300 g/mol. The summed E-state index contributed by atoms with van der Waals surface area (Å²) in [7, 11) is 0. The Bertz CT molecular complexity index is 571. The van der Waals surface area contributed by atoms with Crippen molar-refractivity contribution in [2.45, 2.75) is 43.9 Å². The summed E-state index contributed by atoms with van der Waals surface area (Å²) in [6.07, 6.45) is 5.06. The first-order valence-corrected chi connectivity index (χ1v) is 7.80. The molecule has 22 heavy (non-hydrogen) atoms. The van der Waals surface area contributed by atoms with E-state index in [9.17, 15) is 14.4 Å². The van der Waals surface area contributed by atoms with E-state index in [2.05, 4.69) is 17.4 Å².